The van der Waals surface area contributed by atoms with Gasteiger partial charge in [0.25, 0.3) is 0 Å². The highest BCUT2D eigenvalue weighted by Gasteiger charge is 2.25. The molecule has 0 nitrogen and oxygen atoms in total. The zero-order valence-corrected chi connectivity index (χ0v) is 3.43. The fourth-order valence-electron chi connectivity index (χ4n) is 0.107. The quantitative estimate of drug-likeness (QED) is 0.374. The minimum atomic E-state index is -4.32. The lowest BCUT2D eigenvalue weighted by Crippen LogP contribution is -2.07. The van der Waals surface area contributed by atoms with Crippen molar-refractivity contribution in [2.75, 3.05) is 6.67 Å². The maximum absolute atomic E-state index is 10.8. The molecule has 0 spiro atoms. The number of hydrogen-bond donors (Lipinski definition) is 0. The van der Waals surface area contributed by atoms with Gasteiger partial charge in [0, 0.05) is 0 Å². The van der Waals surface area contributed by atoms with Crippen LogP contribution < -0.4 is 0 Å². The second-order valence-electron chi connectivity index (χ2n) is 1.05. The van der Waals surface area contributed by atoms with Crippen LogP contribution in [0.2, 0.25) is 0 Å². The molecular formula is C3H8F4Si. The Kier molecular flexibility index (Phi) is 5.26. The molecule has 0 rings (SSSR count). The first-order valence-electron chi connectivity index (χ1n) is 1.69. The van der Waals surface area contributed by atoms with Gasteiger partial charge < -0.3 is 0 Å². The van der Waals surface area contributed by atoms with Crippen LogP contribution in [0.4, 0.5) is 17.6 Å². The van der Waals surface area contributed by atoms with E-state index in [0.717, 1.165) is 0 Å². The van der Waals surface area contributed by atoms with E-state index in [4.69, 9.17) is 0 Å². The van der Waals surface area contributed by atoms with Gasteiger partial charge in [-0.25, -0.2) is 0 Å². The Morgan fingerprint density at radius 1 is 1.12 bits per heavy atom. The lowest BCUT2D eigenvalue weighted by molar-refractivity contribution is -0.136. The molecule has 5 heteroatoms. The Balaban J connectivity index is 0. The van der Waals surface area contributed by atoms with Crippen molar-refractivity contribution in [1.29, 1.82) is 0 Å². The van der Waals surface area contributed by atoms with Gasteiger partial charge in [0.1, 0.15) is 0 Å². The van der Waals surface area contributed by atoms with Crippen molar-refractivity contribution in [3.63, 3.8) is 0 Å². The Labute approximate surface area is 48.9 Å². The summed E-state index contributed by atoms with van der Waals surface area (Å²) in [5.74, 6) is 0. The van der Waals surface area contributed by atoms with Gasteiger partial charge >= 0.3 is 6.18 Å². The lowest BCUT2D eigenvalue weighted by atomic mass is 10.5. The van der Waals surface area contributed by atoms with Gasteiger partial charge in [-0.1, -0.05) is 0 Å². The first-order chi connectivity index (χ1) is 3.06. The molecule has 0 aromatic rings. The maximum atomic E-state index is 10.8. The zero-order chi connectivity index (χ0) is 5.91. The normalized spacial score (nSPS) is 10.5. The van der Waals surface area contributed by atoms with Crippen molar-refractivity contribution < 1.29 is 17.6 Å². The maximum Gasteiger partial charge on any atom is 0.391 e. The highest BCUT2D eigenvalue weighted by molar-refractivity contribution is 5.75. The fraction of sp³-hybridized carbons (Fsp3) is 1.00. The van der Waals surface area contributed by atoms with Gasteiger partial charge in [-0.15, -0.1) is 0 Å². The van der Waals surface area contributed by atoms with Crippen molar-refractivity contribution in [1.82, 2.24) is 0 Å². The van der Waals surface area contributed by atoms with E-state index in [9.17, 15) is 17.6 Å². The largest absolute Gasteiger partial charge is 0.391 e. The third kappa shape index (κ3) is 9.34. The van der Waals surface area contributed by atoms with Crippen LogP contribution in [0, 0.1) is 0 Å². The predicted molar refractivity (Wildman–Crippen MR) is 28.0 cm³/mol. The van der Waals surface area contributed by atoms with Crippen molar-refractivity contribution in [3.05, 3.63) is 0 Å². The highest BCUT2D eigenvalue weighted by Crippen LogP contribution is 2.18. The van der Waals surface area contributed by atoms with Gasteiger partial charge in [-0.05, 0) is 11.0 Å². The molecule has 0 aromatic heterocycles. The highest BCUT2D eigenvalue weighted by atomic mass is 28.1. The lowest BCUT2D eigenvalue weighted by Gasteiger charge is -1.98. The Morgan fingerprint density at radius 2 is 1.50 bits per heavy atom. The van der Waals surface area contributed by atoms with Crippen LogP contribution in [-0.2, 0) is 0 Å². The summed E-state index contributed by atoms with van der Waals surface area (Å²) in [5.41, 5.74) is 0. The number of rotatable bonds is 1. The standard InChI is InChI=1S/C3H4F4.H4Si/c4-2-1-3(5,6)7;/h1-2H2;1H4. The smallest absolute Gasteiger partial charge is 0.251 e. The van der Waals surface area contributed by atoms with Crippen molar-refractivity contribution in [3.8, 4) is 0 Å². The van der Waals surface area contributed by atoms with Gasteiger partial charge in [0.2, 0.25) is 0 Å². The van der Waals surface area contributed by atoms with E-state index < -0.39 is 19.3 Å². The van der Waals surface area contributed by atoms with Crippen LogP contribution in [0.1, 0.15) is 6.42 Å². The van der Waals surface area contributed by atoms with Gasteiger partial charge in [0.05, 0.1) is 13.1 Å². The Bertz CT molecular complexity index is 49.7. The number of alkyl halides is 4. The molecule has 0 aliphatic carbocycles. The molecule has 0 aromatic carbocycles. The minimum absolute atomic E-state index is 0. The molecule has 52 valence electrons. The molecule has 0 N–H and O–H groups in total. The molecule has 0 aliphatic heterocycles. The number of halogens is 4. The minimum Gasteiger partial charge on any atom is -0.251 e. The van der Waals surface area contributed by atoms with Crippen LogP contribution in [0.5, 0.6) is 0 Å². The molecule has 0 heterocycles. The first kappa shape index (κ1) is 10.8. The molecule has 0 saturated carbocycles. The summed E-state index contributed by atoms with van der Waals surface area (Å²) in [7, 11) is 0. The summed E-state index contributed by atoms with van der Waals surface area (Å²) >= 11 is 0. The van der Waals surface area contributed by atoms with Crippen molar-refractivity contribution in [2.24, 2.45) is 0 Å². The molecule has 0 atom stereocenters. The monoisotopic (exact) mass is 148 g/mol. The van der Waals surface area contributed by atoms with Gasteiger partial charge in [-0.2, -0.15) is 13.2 Å². The van der Waals surface area contributed by atoms with Gasteiger partial charge in [-0.3, -0.25) is 4.39 Å². The molecule has 0 aliphatic rings. The second kappa shape index (κ2) is 3.88. The molecule has 0 saturated heterocycles. The summed E-state index contributed by atoms with van der Waals surface area (Å²) < 4.78 is 43.2. The molecule has 0 bridgehead atoms. The van der Waals surface area contributed by atoms with E-state index >= 15 is 0 Å². The average Bonchev–Trinajstić information content (AvgIpc) is 1.30. The van der Waals surface area contributed by atoms with E-state index in [1.807, 2.05) is 0 Å². The summed E-state index contributed by atoms with van der Waals surface area (Å²) in [6, 6.07) is 0. The first-order valence-corrected chi connectivity index (χ1v) is 1.69. The fourth-order valence-corrected chi connectivity index (χ4v) is 0.107. The molecule has 0 amide bonds. The number of hydrogen-bond acceptors (Lipinski definition) is 0. The third-order valence-electron chi connectivity index (χ3n) is 0.378. The topological polar surface area (TPSA) is 0 Å². The molecule has 8 heavy (non-hydrogen) atoms. The van der Waals surface area contributed by atoms with E-state index in [0.29, 0.717) is 0 Å². The zero-order valence-electron chi connectivity index (χ0n) is 3.43. The van der Waals surface area contributed by atoms with Gasteiger partial charge in [0.15, 0.2) is 0 Å². The van der Waals surface area contributed by atoms with Crippen LogP contribution >= 0.6 is 0 Å². The van der Waals surface area contributed by atoms with Crippen LogP contribution in [0.15, 0.2) is 0 Å². The molecular weight excluding hydrogens is 140 g/mol. The van der Waals surface area contributed by atoms with Crippen LogP contribution in [0.25, 0.3) is 0 Å². The van der Waals surface area contributed by atoms with E-state index in [1.54, 1.807) is 0 Å². The Morgan fingerprint density at radius 3 is 1.50 bits per heavy atom. The second-order valence-corrected chi connectivity index (χ2v) is 1.05. The van der Waals surface area contributed by atoms with Crippen LogP contribution in [-0.4, -0.2) is 23.8 Å². The molecule has 0 radical (unpaired) electrons. The average molecular weight is 148 g/mol. The van der Waals surface area contributed by atoms with Crippen molar-refractivity contribution >= 4 is 11.0 Å². The summed E-state index contributed by atoms with van der Waals surface area (Å²) in [5, 5.41) is 0. The van der Waals surface area contributed by atoms with E-state index in [-0.39, 0.29) is 11.0 Å². The SMILES string of the molecule is FCCC(F)(F)F.[SiH4]. The summed E-state index contributed by atoms with van der Waals surface area (Å²) in [6.45, 7) is -1.32. The molecule has 0 unspecified atom stereocenters. The molecule has 0 fully saturated rings. The predicted octanol–water partition coefficient (Wildman–Crippen LogP) is 0.457. The van der Waals surface area contributed by atoms with E-state index in [2.05, 4.69) is 0 Å². The van der Waals surface area contributed by atoms with E-state index in [1.165, 1.54) is 0 Å². The Hall–Kier alpha value is -0.0631. The van der Waals surface area contributed by atoms with Crippen molar-refractivity contribution in [2.45, 2.75) is 12.6 Å². The summed E-state index contributed by atoms with van der Waals surface area (Å²) in [4.78, 5) is 0. The summed E-state index contributed by atoms with van der Waals surface area (Å²) in [6.07, 6.45) is -5.65. The van der Waals surface area contributed by atoms with Crippen LogP contribution in [0.3, 0.4) is 0 Å². The third-order valence-corrected chi connectivity index (χ3v) is 0.378.